The highest BCUT2D eigenvalue weighted by Gasteiger charge is 2.18. The maximum atomic E-state index is 12.2. The van der Waals surface area contributed by atoms with Crippen LogP contribution in [0, 0.1) is 0 Å². The molecule has 0 bridgehead atoms. The second-order valence-electron chi connectivity index (χ2n) is 6.93. The van der Waals surface area contributed by atoms with Crippen LogP contribution in [0.15, 0.2) is 48.5 Å². The summed E-state index contributed by atoms with van der Waals surface area (Å²) in [4.78, 5) is 34.7. The highest BCUT2D eigenvalue weighted by Crippen LogP contribution is 2.23. The number of esters is 1. The van der Waals surface area contributed by atoms with Crippen LogP contribution in [-0.2, 0) is 25.5 Å². The number of aliphatic carboxylic acids is 1. The maximum Gasteiger partial charge on any atom is 0.307 e. The summed E-state index contributed by atoms with van der Waals surface area (Å²) >= 11 is 6.05. The normalized spacial score (nSPS) is 11.5. The van der Waals surface area contributed by atoms with Gasteiger partial charge in [0.15, 0.2) is 0 Å². The smallest absolute Gasteiger partial charge is 0.307 e. The van der Waals surface area contributed by atoms with Gasteiger partial charge >= 0.3 is 11.9 Å². The fourth-order valence-corrected chi connectivity index (χ4v) is 3.27. The molecule has 0 unspecified atom stereocenters. The molecule has 0 aromatic heterocycles. The molecule has 1 amide bonds. The molecule has 0 aliphatic rings. The highest BCUT2D eigenvalue weighted by molar-refractivity contribution is 6.30. The first-order valence-corrected chi connectivity index (χ1v) is 10.3. The Morgan fingerprint density at radius 1 is 1.07 bits per heavy atom. The molecule has 0 saturated carbocycles. The van der Waals surface area contributed by atoms with Crippen LogP contribution >= 0.6 is 11.6 Å². The molecule has 0 fully saturated rings. The van der Waals surface area contributed by atoms with Gasteiger partial charge in [-0.15, -0.1) is 0 Å². The molecule has 1 atom stereocenters. The lowest BCUT2D eigenvalue weighted by Crippen LogP contribution is -2.38. The van der Waals surface area contributed by atoms with Crippen molar-refractivity contribution in [3.8, 4) is 11.1 Å². The van der Waals surface area contributed by atoms with E-state index in [0.717, 1.165) is 16.7 Å². The summed E-state index contributed by atoms with van der Waals surface area (Å²) in [7, 11) is 0. The van der Waals surface area contributed by atoms with Crippen LogP contribution in [0.5, 0.6) is 0 Å². The van der Waals surface area contributed by atoms with E-state index in [2.05, 4.69) is 5.32 Å². The monoisotopic (exact) mass is 431 g/mol. The Hall–Kier alpha value is -2.86. The number of carbonyl (C=O) groups excluding carboxylic acids is 2. The van der Waals surface area contributed by atoms with Gasteiger partial charge in [0, 0.05) is 23.9 Å². The molecule has 2 N–H and O–H groups in total. The molecular weight excluding hydrogens is 406 g/mol. The number of ether oxygens (including phenoxy) is 1. The average molecular weight is 432 g/mol. The molecule has 2 rings (SSSR count). The van der Waals surface area contributed by atoms with E-state index in [4.69, 9.17) is 21.4 Å². The van der Waals surface area contributed by atoms with Crippen LogP contribution < -0.4 is 5.32 Å². The minimum atomic E-state index is -0.939. The van der Waals surface area contributed by atoms with E-state index in [1.807, 2.05) is 48.5 Å². The molecule has 2 aromatic carbocycles. The van der Waals surface area contributed by atoms with Crippen LogP contribution in [0.3, 0.4) is 0 Å². The molecule has 6 nitrogen and oxygen atoms in total. The van der Waals surface area contributed by atoms with Crippen LogP contribution in [0.1, 0.15) is 38.2 Å². The number of benzene rings is 2. The summed E-state index contributed by atoms with van der Waals surface area (Å²) in [6, 6.07) is 15.0. The van der Waals surface area contributed by atoms with Gasteiger partial charge in [0.25, 0.3) is 0 Å². The van der Waals surface area contributed by atoms with Gasteiger partial charge in [-0.3, -0.25) is 14.4 Å². The van der Waals surface area contributed by atoms with E-state index in [1.54, 1.807) is 6.92 Å². The van der Waals surface area contributed by atoms with E-state index < -0.39 is 12.0 Å². The zero-order chi connectivity index (χ0) is 21.9. The lowest BCUT2D eigenvalue weighted by atomic mass is 9.99. The number of hydrogen-bond donors (Lipinski definition) is 2. The standard InChI is InChI=1S/C23H26ClNO5/c1-2-30-23(29)15-20(25-21(26)7-4-8-22(27)28)13-16-9-11-17(12-10-16)18-5-3-6-19(24)14-18/h3,5-6,9-12,14,20H,2,4,7-8,13,15H2,1H3,(H,25,26)(H,27,28)/t20-/m1/s1. The minimum absolute atomic E-state index is 0.0502. The molecule has 0 heterocycles. The van der Waals surface area contributed by atoms with Crippen molar-refractivity contribution in [3.05, 3.63) is 59.1 Å². The number of hydrogen-bond acceptors (Lipinski definition) is 4. The van der Waals surface area contributed by atoms with Gasteiger partial charge < -0.3 is 15.2 Å². The van der Waals surface area contributed by atoms with E-state index in [-0.39, 0.29) is 44.2 Å². The third-order valence-corrected chi connectivity index (χ3v) is 4.71. The van der Waals surface area contributed by atoms with E-state index in [1.165, 1.54) is 0 Å². The predicted octanol–water partition coefficient (Wildman–Crippen LogP) is 4.24. The molecule has 0 radical (unpaired) electrons. The molecule has 30 heavy (non-hydrogen) atoms. The molecule has 0 saturated heterocycles. The van der Waals surface area contributed by atoms with Gasteiger partial charge in [-0.25, -0.2) is 0 Å². The van der Waals surface area contributed by atoms with Gasteiger partial charge in [0.2, 0.25) is 5.91 Å². The third kappa shape index (κ3) is 8.25. The molecule has 160 valence electrons. The lowest BCUT2D eigenvalue weighted by Gasteiger charge is -2.18. The van der Waals surface area contributed by atoms with Gasteiger partial charge in [-0.1, -0.05) is 48.0 Å². The number of nitrogens with one attached hydrogen (secondary N) is 1. The Balaban J connectivity index is 2.03. The second kappa shape index (κ2) is 12.0. The van der Waals surface area contributed by atoms with E-state index in [0.29, 0.717) is 11.4 Å². The number of carbonyl (C=O) groups is 3. The number of amides is 1. The van der Waals surface area contributed by atoms with E-state index in [9.17, 15) is 14.4 Å². The van der Waals surface area contributed by atoms with E-state index >= 15 is 0 Å². The van der Waals surface area contributed by atoms with Crippen molar-refractivity contribution in [3.63, 3.8) is 0 Å². The maximum absolute atomic E-state index is 12.2. The predicted molar refractivity (Wildman–Crippen MR) is 115 cm³/mol. The Morgan fingerprint density at radius 3 is 2.43 bits per heavy atom. The first kappa shape index (κ1) is 23.4. The molecule has 0 spiro atoms. The molecular formula is C23H26ClNO5. The van der Waals surface area contributed by atoms with Crippen LogP contribution in [-0.4, -0.2) is 35.6 Å². The number of halogens is 1. The third-order valence-electron chi connectivity index (χ3n) is 4.47. The van der Waals surface area contributed by atoms with Crippen molar-refractivity contribution >= 4 is 29.4 Å². The van der Waals surface area contributed by atoms with Crippen molar-refractivity contribution in [1.29, 1.82) is 0 Å². The van der Waals surface area contributed by atoms with Gasteiger partial charge in [-0.2, -0.15) is 0 Å². The second-order valence-corrected chi connectivity index (χ2v) is 7.37. The Bertz CT molecular complexity index is 866. The Morgan fingerprint density at radius 2 is 1.80 bits per heavy atom. The number of rotatable bonds is 11. The Labute approximate surface area is 181 Å². The van der Waals surface area contributed by atoms with Gasteiger partial charge in [0.1, 0.15) is 0 Å². The Kier molecular flexibility index (Phi) is 9.35. The summed E-state index contributed by atoms with van der Waals surface area (Å²) < 4.78 is 5.01. The van der Waals surface area contributed by atoms with Gasteiger partial charge in [-0.05, 0) is 48.6 Å². The number of carboxylic acid groups (broad SMARTS) is 1. The SMILES string of the molecule is CCOC(=O)C[C@@H](Cc1ccc(-c2cccc(Cl)c2)cc1)NC(=O)CCCC(=O)O. The van der Waals surface area contributed by atoms with Crippen molar-refractivity contribution in [2.24, 2.45) is 0 Å². The van der Waals surface area contributed by atoms with Crippen molar-refractivity contribution in [2.45, 2.75) is 45.1 Å². The average Bonchev–Trinajstić information content (AvgIpc) is 2.68. The largest absolute Gasteiger partial charge is 0.481 e. The summed E-state index contributed by atoms with van der Waals surface area (Å²) in [6.45, 7) is 2.00. The number of carboxylic acids is 1. The van der Waals surface area contributed by atoms with Crippen LogP contribution in [0.4, 0.5) is 0 Å². The summed E-state index contributed by atoms with van der Waals surface area (Å²) in [6.07, 6.45) is 0.787. The summed E-state index contributed by atoms with van der Waals surface area (Å²) in [5.74, 6) is -1.60. The fraction of sp³-hybridized carbons (Fsp3) is 0.348. The van der Waals surface area contributed by atoms with Crippen LogP contribution in [0.2, 0.25) is 5.02 Å². The van der Waals surface area contributed by atoms with Crippen molar-refractivity contribution < 1.29 is 24.2 Å². The van der Waals surface area contributed by atoms with Crippen molar-refractivity contribution in [1.82, 2.24) is 5.32 Å². The minimum Gasteiger partial charge on any atom is -0.481 e. The van der Waals surface area contributed by atoms with Gasteiger partial charge in [0.05, 0.1) is 13.0 Å². The molecule has 0 aliphatic heterocycles. The zero-order valence-corrected chi connectivity index (χ0v) is 17.7. The summed E-state index contributed by atoms with van der Waals surface area (Å²) in [5.41, 5.74) is 2.98. The quantitative estimate of drug-likeness (QED) is 0.519. The fourth-order valence-electron chi connectivity index (χ4n) is 3.08. The van der Waals surface area contributed by atoms with Crippen molar-refractivity contribution in [2.75, 3.05) is 6.61 Å². The molecule has 7 heteroatoms. The highest BCUT2D eigenvalue weighted by atomic mass is 35.5. The van der Waals surface area contributed by atoms with Crippen LogP contribution in [0.25, 0.3) is 11.1 Å². The first-order valence-electron chi connectivity index (χ1n) is 9.89. The molecule has 0 aliphatic carbocycles. The topological polar surface area (TPSA) is 92.7 Å². The zero-order valence-electron chi connectivity index (χ0n) is 16.9. The molecule has 2 aromatic rings. The first-order chi connectivity index (χ1) is 14.4. The lowest BCUT2D eigenvalue weighted by molar-refractivity contribution is -0.143. The summed E-state index contributed by atoms with van der Waals surface area (Å²) in [5, 5.41) is 12.2.